The van der Waals surface area contributed by atoms with Gasteiger partial charge >= 0.3 is 0 Å². The molecule has 2 N–H and O–H groups in total. The van der Waals surface area contributed by atoms with Gasteiger partial charge in [0.2, 0.25) is 5.91 Å². The topological polar surface area (TPSA) is 55.6 Å². The van der Waals surface area contributed by atoms with Crippen LogP contribution >= 0.6 is 0 Å². The average Bonchev–Trinajstić information content (AvgIpc) is 3.07. The monoisotopic (exact) mass is 384 g/mol. The highest BCUT2D eigenvalue weighted by Crippen LogP contribution is 2.45. The predicted octanol–water partition coefficient (Wildman–Crippen LogP) is 3.39. The number of carbonyl (C=O) groups is 1. The molecule has 0 atom stereocenters. The van der Waals surface area contributed by atoms with Gasteiger partial charge in [0.25, 0.3) is 0 Å². The number of halogens is 2. The zero-order valence-corrected chi connectivity index (χ0v) is 15.5. The molecule has 0 aromatic heterocycles. The molecular formula is C22H22F2N2O2. The fourth-order valence-electron chi connectivity index (χ4n) is 4.02. The summed E-state index contributed by atoms with van der Waals surface area (Å²) in [6.45, 7) is 2.27. The van der Waals surface area contributed by atoms with Crippen molar-refractivity contribution >= 4 is 12.0 Å². The summed E-state index contributed by atoms with van der Waals surface area (Å²) in [5.74, 6) is -1.17. The number of nitrogens with zero attached hydrogens (tertiary/aromatic N) is 1. The number of rotatable bonds is 3. The van der Waals surface area contributed by atoms with E-state index in [2.05, 4.69) is 6.07 Å². The first-order valence-electron chi connectivity index (χ1n) is 9.40. The lowest BCUT2D eigenvalue weighted by molar-refractivity contribution is -0.127. The number of hydrogen-bond acceptors (Lipinski definition) is 3. The van der Waals surface area contributed by atoms with Crippen molar-refractivity contribution in [3.8, 4) is 5.75 Å². The summed E-state index contributed by atoms with van der Waals surface area (Å²) in [4.78, 5) is 14.2. The molecule has 2 aliphatic heterocycles. The molecule has 2 aromatic carbocycles. The maximum Gasteiger partial charge on any atom is 0.246 e. The summed E-state index contributed by atoms with van der Waals surface area (Å²) in [5.41, 5.74) is 8.00. The van der Waals surface area contributed by atoms with Crippen molar-refractivity contribution in [2.24, 2.45) is 5.73 Å². The van der Waals surface area contributed by atoms with Gasteiger partial charge in [-0.3, -0.25) is 4.79 Å². The second kappa shape index (κ2) is 7.36. The highest BCUT2D eigenvalue weighted by molar-refractivity contribution is 5.91. The van der Waals surface area contributed by atoms with Gasteiger partial charge in [-0.25, -0.2) is 8.78 Å². The molecule has 28 heavy (non-hydrogen) atoms. The molecule has 0 bridgehead atoms. The Morgan fingerprint density at radius 3 is 2.75 bits per heavy atom. The molecular weight excluding hydrogens is 362 g/mol. The Balaban J connectivity index is 1.44. The number of ether oxygens (including phenoxy) is 1. The predicted molar refractivity (Wildman–Crippen MR) is 103 cm³/mol. The third-order valence-corrected chi connectivity index (χ3v) is 5.77. The standard InChI is InChI=1S/C22H22F2N2O2/c23-18-3-1-2-16(21(18)24)5-7-20(27)26-10-8-22(9-11-26)14-28-19-6-4-15(13-25)12-17(19)22/h1-7,12H,8-11,13-14,25H2/b7-5+. The van der Waals surface area contributed by atoms with Gasteiger partial charge in [-0.2, -0.15) is 0 Å². The van der Waals surface area contributed by atoms with Crippen LogP contribution in [0.15, 0.2) is 42.5 Å². The van der Waals surface area contributed by atoms with Crippen LogP contribution in [0.4, 0.5) is 8.78 Å². The van der Waals surface area contributed by atoms with Crippen LogP contribution in [0.3, 0.4) is 0 Å². The number of benzene rings is 2. The molecule has 0 radical (unpaired) electrons. The van der Waals surface area contributed by atoms with E-state index in [9.17, 15) is 13.6 Å². The molecule has 0 unspecified atom stereocenters. The third kappa shape index (κ3) is 3.29. The summed E-state index contributed by atoms with van der Waals surface area (Å²) in [6, 6.07) is 9.98. The largest absolute Gasteiger partial charge is 0.492 e. The lowest BCUT2D eigenvalue weighted by Gasteiger charge is -2.38. The van der Waals surface area contributed by atoms with E-state index in [1.165, 1.54) is 29.8 Å². The normalized spacial score (nSPS) is 17.8. The van der Waals surface area contributed by atoms with Gasteiger partial charge in [-0.15, -0.1) is 0 Å². The second-order valence-corrected chi connectivity index (χ2v) is 7.41. The van der Waals surface area contributed by atoms with Gasteiger partial charge < -0.3 is 15.4 Å². The third-order valence-electron chi connectivity index (χ3n) is 5.77. The van der Waals surface area contributed by atoms with Crippen molar-refractivity contribution in [2.45, 2.75) is 24.8 Å². The number of carbonyl (C=O) groups excluding carboxylic acids is 1. The number of piperidine rings is 1. The smallest absolute Gasteiger partial charge is 0.246 e. The Labute approximate surface area is 162 Å². The maximum absolute atomic E-state index is 13.7. The quantitative estimate of drug-likeness (QED) is 0.826. The number of amides is 1. The van der Waals surface area contributed by atoms with Crippen LogP contribution in [0, 0.1) is 11.6 Å². The van der Waals surface area contributed by atoms with Crippen molar-refractivity contribution < 1.29 is 18.3 Å². The highest BCUT2D eigenvalue weighted by atomic mass is 19.2. The molecule has 1 saturated heterocycles. The Kier molecular flexibility index (Phi) is 4.89. The van der Waals surface area contributed by atoms with Crippen LogP contribution in [0.25, 0.3) is 6.08 Å². The van der Waals surface area contributed by atoms with Crippen molar-refractivity contribution in [3.05, 3.63) is 70.8 Å². The van der Waals surface area contributed by atoms with E-state index in [0.29, 0.717) is 26.2 Å². The molecule has 2 aromatic rings. The first kappa shape index (κ1) is 18.6. The molecule has 2 heterocycles. The molecule has 4 nitrogen and oxygen atoms in total. The summed E-state index contributed by atoms with van der Waals surface area (Å²) >= 11 is 0. The first-order chi connectivity index (χ1) is 13.5. The van der Waals surface area contributed by atoms with E-state index in [0.717, 1.165) is 30.2 Å². The fraction of sp³-hybridized carbons (Fsp3) is 0.318. The molecule has 0 saturated carbocycles. The zero-order valence-electron chi connectivity index (χ0n) is 15.5. The molecule has 1 amide bonds. The van der Waals surface area contributed by atoms with E-state index in [1.54, 1.807) is 4.90 Å². The van der Waals surface area contributed by atoms with Gasteiger partial charge in [0.1, 0.15) is 5.75 Å². The van der Waals surface area contributed by atoms with Crippen molar-refractivity contribution in [3.63, 3.8) is 0 Å². The van der Waals surface area contributed by atoms with Crippen LogP contribution in [-0.4, -0.2) is 30.5 Å². The van der Waals surface area contributed by atoms with Gasteiger partial charge in [0.05, 0.1) is 6.61 Å². The van der Waals surface area contributed by atoms with Gasteiger partial charge in [0.15, 0.2) is 11.6 Å². The van der Waals surface area contributed by atoms with E-state index >= 15 is 0 Å². The second-order valence-electron chi connectivity index (χ2n) is 7.41. The zero-order chi connectivity index (χ0) is 19.7. The van der Waals surface area contributed by atoms with Crippen molar-refractivity contribution in [1.29, 1.82) is 0 Å². The van der Waals surface area contributed by atoms with Crippen molar-refractivity contribution in [2.75, 3.05) is 19.7 Å². The van der Waals surface area contributed by atoms with E-state index < -0.39 is 11.6 Å². The maximum atomic E-state index is 13.7. The lowest BCUT2D eigenvalue weighted by Crippen LogP contribution is -2.45. The minimum atomic E-state index is -0.945. The van der Waals surface area contributed by atoms with Gasteiger partial charge in [-0.1, -0.05) is 24.3 Å². The molecule has 2 aliphatic rings. The molecule has 4 rings (SSSR count). The first-order valence-corrected chi connectivity index (χ1v) is 9.40. The molecule has 6 heteroatoms. The fourth-order valence-corrected chi connectivity index (χ4v) is 4.02. The Hall–Kier alpha value is -2.73. The lowest BCUT2D eigenvalue weighted by atomic mass is 9.74. The summed E-state index contributed by atoms with van der Waals surface area (Å²) in [6.07, 6.45) is 4.22. The Morgan fingerprint density at radius 1 is 1.21 bits per heavy atom. The van der Waals surface area contributed by atoms with Crippen LogP contribution in [0.2, 0.25) is 0 Å². The van der Waals surface area contributed by atoms with Crippen LogP contribution in [0.1, 0.15) is 29.5 Å². The van der Waals surface area contributed by atoms with Crippen LogP contribution in [0.5, 0.6) is 5.75 Å². The summed E-state index contributed by atoms with van der Waals surface area (Å²) in [7, 11) is 0. The van der Waals surface area contributed by atoms with Gasteiger partial charge in [-0.05, 0) is 36.6 Å². The van der Waals surface area contributed by atoms with Gasteiger partial charge in [0, 0.05) is 42.3 Å². The molecule has 1 fully saturated rings. The highest BCUT2D eigenvalue weighted by Gasteiger charge is 2.43. The van der Waals surface area contributed by atoms with E-state index in [-0.39, 0.29) is 16.9 Å². The SMILES string of the molecule is NCc1ccc2c(c1)C1(CCN(C(=O)/C=C/c3cccc(F)c3F)CC1)CO2. The van der Waals surface area contributed by atoms with E-state index in [4.69, 9.17) is 10.5 Å². The van der Waals surface area contributed by atoms with Crippen molar-refractivity contribution in [1.82, 2.24) is 4.90 Å². The summed E-state index contributed by atoms with van der Waals surface area (Å²) in [5, 5.41) is 0. The van der Waals surface area contributed by atoms with Crippen LogP contribution in [-0.2, 0) is 16.8 Å². The van der Waals surface area contributed by atoms with Crippen LogP contribution < -0.4 is 10.5 Å². The molecule has 146 valence electrons. The minimum Gasteiger partial charge on any atom is -0.492 e. The molecule has 1 spiro atoms. The molecule has 0 aliphatic carbocycles. The number of hydrogen-bond donors (Lipinski definition) is 1. The number of fused-ring (bicyclic) bond motifs is 2. The minimum absolute atomic E-state index is 0.0641. The Bertz CT molecular complexity index is 934. The van der Waals surface area contributed by atoms with E-state index in [1.807, 2.05) is 12.1 Å². The average molecular weight is 384 g/mol. The number of likely N-dealkylation sites (tertiary alicyclic amines) is 1. The number of nitrogens with two attached hydrogens (primary N) is 1. The summed E-state index contributed by atoms with van der Waals surface area (Å²) < 4.78 is 32.9. The Morgan fingerprint density at radius 2 is 2.00 bits per heavy atom.